The summed E-state index contributed by atoms with van der Waals surface area (Å²) in [4.78, 5) is 25.5. The number of fused-ring (bicyclic) bond motifs is 5. The van der Waals surface area contributed by atoms with Crippen LogP contribution in [0.15, 0.2) is 53.6 Å². The van der Waals surface area contributed by atoms with Gasteiger partial charge < -0.3 is 4.74 Å². The molecule has 4 aliphatic carbocycles. The number of carbonyl (C=O) groups excluding carboxylic acids is 2. The van der Waals surface area contributed by atoms with Crippen molar-refractivity contribution in [2.75, 3.05) is 7.11 Å². The number of esters is 1. The Hall–Kier alpha value is -2.16. The zero-order valence-corrected chi connectivity index (χ0v) is 19.0. The topological polar surface area (TPSA) is 43.4 Å². The summed E-state index contributed by atoms with van der Waals surface area (Å²) in [7, 11) is 1.47. The predicted molar refractivity (Wildman–Crippen MR) is 121 cm³/mol. The Morgan fingerprint density at radius 3 is 2.52 bits per heavy atom. The van der Waals surface area contributed by atoms with Gasteiger partial charge in [-0.3, -0.25) is 4.79 Å². The molecule has 0 radical (unpaired) electrons. The van der Waals surface area contributed by atoms with Crippen LogP contribution in [-0.2, 0) is 9.53 Å². The highest BCUT2D eigenvalue weighted by atomic mass is 16.5. The summed E-state index contributed by atoms with van der Waals surface area (Å²) in [5.41, 5.74) is 3.29. The quantitative estimate of drug-likeness (QED) is 0.436. The van der Waals surface area contributed by atoms with Crippen LogP contribution in [-0.4, -0.2) is 18.9 Å². The molecule has 0 amide bonds. The van der Waals surface area contributed by atoms with Gasteiger partial charge in [0.15, 0.2) is 5.78 Å². The highest BCUT2D eigenvalue weighted by Gasteiger charge is 2.59. The molecule has 6 atom stereocenters. The summed E-state index contributed by atoms with van der Waals surface area (Å²) in [6, 6.07) is 9.90. The van der Waals surface area contributed by atoms with Crippen molar-refractivity contribution in [3.63, 3.8) is 0 Å². The number of ether oxygens (including phenoxy) is 1. The Kier molecular flexibility index (Phi) is 4.99. The van der Waals surface area contributed by atoms with Crippen LogP contribution in [0.1, 0.15) is 69.2 Å². The zero-order valence-electron chi connectivity index (χ0n) is 19.0. The molecule has 1 aromatic carbocycles. The monoisotopic (exact) mass is 418 g/mol. The lowest BCUT2D eigenvalue weighted by molar-refractivity contribution is -0.136. The van der Waals surface area contributed by atoms with Gasteiger partial charge in [-0.2, -0.15) is 0 Å². The molecule has 0 heterocycles. The van der Waals surface area contributed by atoms with E-state index >= 15 is 0 Å². The highest BCUT2D eigenvalue weighted by molar-refractivity contribution is 5.98. The number of ketones is 1. The molecule has 0 spiro atoms. The van der Waals surface area contributed by atoms with Gasteiger partial charge in [0.25, 0.3) is 0 Å². The maximum absolute atomic E-state index is 13.4. The molecule has 31 heavy (non-hydrogen) atoms. The molecule has 4 aliphatic rings. The van der Waals surface area contributed by atoms with E-state index in [2.05, 4.69) is 26.0 Å². The molecule has 2 saturated carbocycles. The van der Waals surface area contributed by atoms with Crippen molar-refractivity contribution in [1.82, 2.24) is 0 Å². The average molecular weight is 419 g/mol. The number of Topliss-reactive ketones (excluding diaryl/α,β-unsaturated/α-hetero) is 1. The summed E-state index contributed by atoms with van der Waals surface area (Å²) in [6.07, 6.45) is 12.0. The number of carbonyl (C=O) groups is 2. The fourth-order valence-electron chi connectivity index (χ4n) is 7.85. The summed E-state index contributed by atoms with van der Waals surface area (Å²) in [5.74, 6) is 2.23. The Morgan fingerprint density at radius 2 is 1.77 bits per heavy atom. The first-order chi connectivity index (χ1) is 14.9. The molecule has 164 valence electrons. The van der Waals surface area contributed by atoms with E-state index in [1.54, 1.807) is 0 Å². The third-order valence-corrected chi connectivity index (χ3v) is 9.59. The van der Waals surface area contributed by atoms with Crippen LogP contribution >= 0.6 is 0 Å². The summed E-state index contributed by atoms with van der Waals surface area (Å²) in [5, 5.41) is 0. The molecule has 3 nitrogen and oxygen atoms in total. The average Bonchev–Trinajstić information content (AvgIpc) is 3.15. The van der Waals surface area contributed by atoms with Crippen molar-refractivity contribution in [2.24, 2.45) is 34.5 Å². The van der Waals surface area contributed by atoms with Crippen LogP contribution in [0.3, 0.4) is 0 Å². The molecule has 3 heteroatoms. The van der Waals surface area contributed by atoms with Crippen LogP contribution in [0.2, 0.25) is 0 Å². The number of rotatable bonds is 3. The second-order valence-electron chi connectivity index (χ2n) is 10.8. The number of hydrogen-bond acceptors (Lipinski definition) is 3. The number of allylic oxidation sites excluding steroid dienone is 3. The van der Waals surface area contributed by atoms with E-state index in [0.29, 0.717) is 23.5 Å². The van der Waals surface area contributed by atoms with Gasteiger partial charge in [-0.05, 0) is 85.2 Å². The van der Waals surface area contributed by atoms with E-state index in [-0.39, 0.29) is 22.7 Å². The third-order valence-electron chi connectivity index (χ3n) is 9.59. The molecule has 0 saturated heterocycles. The van der Waals surface area contributed by atoms with Crippen LogP contribution in [0.5, 0.6) is 0 Å². The molecule has 0 bridgehead atoms. The van der Waals surface area contributed by atoms with Crippen molar-refractivity contribution >= 4 is 11.8 Å². The lowest BCUT2D eigenvalue weighted by atomic mass is 9.47. The molecule has 0 aromatic heterocycles. The third kappa shape index (κ3) is 3.07. The van der Waals surface area contributed by atoms with E-state index in [0.717, 1.165) is 43.2 Å². The van der Waals surface area contributed by atoms with E-state index in [9.17, 15) is 9.59 Å². The molecule has 1 aromatic rings. The second-order valence-corrected chi connectivity index (χ2v) is 10.8. The number of hydrogen-bond donors (Lipinski definition) is 0. The molecular formula is C28H34O3. The van der Waals surface area contributed by atoms with Gasteiger partial charge in [0, 0.05) is 17.1 Å². The smallest absolute Gasteiger partial charge is 0.333 e. The van der Waals surface area contributed by atoms with E-state index in [4.69, 9.17) is 4.74 Å². The Bertz CT molecular complexity index is 958. The molecular weight excluding hydrogens is 384 g/mol. The van der Waals surface area contributed by atoms with Gasteiger partial charge in [0.05, 0.1) is 7.11 Å². The largest absolute Gasteiger partial charge is 0.466 e. The molecule has 0 N–H and O–H groups in total. The minimum absolute atomic E-state index is 0.109. The zero-order chi connectivity index (χ0) is 21.8. The lowest BCUT2D eigenvalue weighted by Gasteiger charge is -2.57. The van der Waals surface area contributed by atoms with E-state index in [1.807, 2.05) is 30.3 Å². The molecule has 2 fully saturated rings. The van der Waals surface area contributed by atoms with Gasteiger partial charge in [-0.15, -0.1) is 0 Å². The van der Waals surface area contributed by atoms with Crippen molar-refractivity contribution < 1.29 is 14.3 Å². The minimum Gasteiger partial charge on any atom is -0.466 e. The van der Waals surface area contributed by atoms with Crippen LogP contribution in [0, 0.1) is 34.5 Å². The van der Waals surface area contributed by atoms with Gasteiger partial charge in [0.1, 0.15) is 0 Å². The normalized spacial score (nSPS) is 38.8. The first-order valence-corrected chi connectivity index (χ1v) is 12.0. The predicted octanol–water partition coefficient (Wildman–Crippen LogP) is 6.16. The fraction of sp³-hybridized carbons (Fsp3) is 0.571. The summed E-state index contributed by atoms with van der Waals surface area (Å²) < 4.78 is 4.98. The van der Waals surface area contributed by atoms with Crippen LogP contribution < -0.4 is 0 Å². The first-order valence-electron chi connectivity index (χ1n) is 12.0. The standard InChI is InChI=1S/C28H34O3/c1-27-15-13-19(26(30)31-3)17-20(27)9-10-21-22-11-12-24(28(22,2)16-14-23(21)27)25(29)18-7-5-4-6-8-18/h4-9,17,21-24H,10-16H2,1-3H3/t21-,22-,23-,24+,27-,28-/m0/s1. The summed E-state index contributed by atoms with van der Waals surface area (Å²) >= 11 is 0. The van der Waals surface area contributed by atoms with Crippen molar-refractivity contribution in [1.29, 1.82) is 0 Å². The molecule has 5 rings (SSSR count). The SMILES string of the molecule is COC(=O)C1=CC2=CC[C@H]3[C@@H]4CC[C@H](C(=O)c5ccccc5)[C@@]4(C)CC[C@@H]3[C@@]2(C)CC1. The molecule has 0 unspecified atom stereocenters. The Labute approximate surface area is 185 Å². The minimum atomic E-state index is -0.181. The van der Waals surface area contributed by atoms with Crippen LogP contribution in [0.25, 0.3) is 0 Å². The van der Waals surface area contributed by atoms with Crippen LogP contribution in [0.4, 0.5) is 0 Å². The van der Waals surface area contributed by atoms with Gasteiger partial charge in [0.2, 0.25) is 0 Å². The Balaban J connectivity index is 1.43. The van der Waals surface area contributed by atoms with E-state index < -0.39 is 0 Å². The summed E-state index contributed by atoms with van der Waals surface area (Å²) in [6.45, 7) is 4.83. The fourth-order valence-corrected chi connectivity index (χ4v) is 7.85. The lowest BCUT2D eigenvalue weighted by Crippen LogP contribution is -2.50. The van der Waals surface area contributed by atoms with Gasteiger partial charge in [-0.25, -0.2) is 4.79 Å². The second kappa shape index (κ2) is 7.46. The number of benzene rings is 1. The van der Waals surface area contributed by atoms with Gasteiger partial charge >= 0.3 is 5.97 Å². The maximum atomic E-state index is 13.4. The van der Waals surface area contributed by atoms with Crippen molar-refractivity contribution in [2.45, 2.75) is 58.8 Å². The van der Waals surface area contributed by atoms with Crippen molar-refractivity contribution in [3.8, 4) is 0 Å². The highest BCUT2D eigenvalue weighted by Crippen LogP contribution is 2.66. The Morgan fingerprint density at radius 1 is 1.00 bits per heavy atom. The van der Waals surface area contributed by atoms with Crippen molar-refractivity contribution in [3.05, 3.63) is 59.2 Å². The van der Waals surface area contributed by atoms with E-state index in [1.165, 1.54) is 25.5 Å². The molecule has 0 aliphatic heterocycles. The number of methoxy groups -OCH3 is 1. The maximum Gasteiger partial charge on any atom is 0.333 e. The van der Waals surface area contributed by atoms with Gasteiger partial charge in [-0.1, -0.05) is 50.3 Å². The first kappa shape index (κ1) is 20.7.